The van der Waals surface area contributed by atoms with Gasteiger partial charge < -0.3 is 10.4 Å². The second-order valence-corrected chi connectivity index (χ2v) is 7.19. The number of carboxylic acids is 1. The Morgan fingerprint density at radius 2 is 1.95 bits per heavy atom. The number of carboxylic acid groups (broad SMARTS) is 1. The Balaban J connectivity index is 2.21. The SMILES string of the molecule is CC1CCCC(CCNC(=O)CC(C)(C)CC(=O)O)C1. The Bertz CT molecular complexity index is 339. The van der Waals surface area contributed by atoms with E-state index in [0.29, 0.717) is 0 Å². The van der Waals surface area contributed by atoms with Gasteiger partial charge in [-0.05, 0) is 30.1 Å². The van der Waals surface area contributed by atoms with E-state index in [4.69, 9.17) is 5.11 Å². The number of hydrogen-bond donors (Lipinski definition) is 2. The van der Waals surface area contributed by atoms with Gasteiger partial charge in [0.1, 0.15) is 0 Å². The number of aliphatic carboxylic acids is 1. The van der Waals surface area contributed by atoms with E-state index in [1.54, 1.807) is 0 Å². The predicted molar refractivity (Wildman–Crippen MR) is 79.4 cm³/mol. The van der Waals surface area contributed by atoms with Crippen LogP contribution in [0.2, 0.25) is 0 Å². The van der Waals surface area contributed by atoms with Crippen LogP contribution in [-0.2, 0) is 9.59 Å². The van der Waals surface area contributed by atoms with Crippen molar-refractivity contribution >= 4 is 11.9 Å². The lowest BCUT2D eigenvalue weighted by atomic mass is 9.81. The summed E-state index contributed by atoms with van der Waals surface area (Å²) < 4.78 is 0. The normalized spacial score (nSPS) is 23.4. The second kappa shape index (κ2) is 7.65. The molecule has 0 saturated heterocycles. The van der Waals surface area contributed by atoms with E-state index in [9.17, 15) is 9.59 Å². The average molecular weight is 283 g/mol. The lowest BCUT2D eigenvalue weighted by Crippen LogP contribution is -2.31. The first-order valence-electron chi connectivity index (χ1n) is 7.77. The Morgan fingerprint density at radius 1 is 1.25 bits per heavy atom. The van der Waals surface area contributed by atoms with Crippen molar-refractivity contribution in [2.75, 3.05) is 6.54 Å². The minimum atomic E-state index is -0.848. The minimum Gasteiger partial charge on any atom is -0.481 e. The number of carbonyl (C=O) groups excluding carboxylic acids is 1. The summed E-state index contributed by atoms with van der Waals surface area (Å²) >= 11 is 0. The van der Waals surface area contributed by atoms with Gasteiger partial charge in [-0.2, -0.15) is 0 Å². The molecule has 0 spiro atoms. The third kappa shape index (κ3) is 6.92. The van der Waals surface area contributed by atoms with Gasteiger partial charge >= 0.3 is 5.97 Å². The van der Waals surface area contributed by atoms with Crippen LogP contribution in [0, 0.1) is 17.3 Å². The Labute approximate surface area is 122 Å². The first kappa shape index (κ1) is 17.0. The van der Waals surface area contributed by atoms with E-state index < -0.39 is 11.4 Å². The fraction of sp³-hybridized carbons (Fsp3) is 0.875. The quantitative estimate of drug-likeness (QED) is 0.754. The maximum Gasteiger partial charge on any atom is 0.303 e. The van der Waals surface area contributed by atoms with Crippen molar-refractivity contribution in [3.05, 3.63) is 0 Å². The summed E-state index contributed by atoms with van der Waals surface area (Å²) in [7, 11) is 0. The van der Waals surface area contributed by atoms with Crippen LogP contribution in [0.25, 0.3) is 0 Å². The van der Waals surface area contributed by atoms with Crippen molar-refractivity contribution < 1.29 is 14.7 Å². The standard InChI is InChI=1S/C16H29NO3/c1-12-5-4-6-13(9-12)7-8-17-14(18)10-16(2,3)11-15(19)20/h12-13H,4-11H2,1-3H3,(H,17,18)(H,19,20). The highest BCUT2D eigenvalue weighted by molar-refractivity contribution is 5.77. The molecule has 116 valence electrons. The Hall–Kier alpha value is -1.06. The molecule has 2 atom stereocenters. The van der Waals surface area contributed by atoms with Gasteiger partial charge in [-0.25, -0.2) is 0 Å². The molecule has 1 aliphatic rings. The molecule has 2 unspecified atom stereocenters. The molecule has 1 amide bonds. The smallest absolute Gasteiger partial charge is 0.303 e. The fourth-order valence-corrected chi connectivity index (χ4v) is 3.21. The molecule has 0 aromatic carbocycles. The van der Waals surface area contributed by atoms with Crippen molar-refractivity contribution in [1.29, 1.82) is 0 Å². The molecule has 0 heterocycles. The molecule has 0 aromatic heterocycles. The van der Waals surface area contributed by atoms with Gasteiger partial charge in [-0.3, -0.25) is 9.59 Å². The summed E-state index contributed by atoms with van der Waals surface area (Å²) in [6.45, 7) is 6.67. The van der Waals surface area contributed by atoms with Gasteiger partial charge in [0.05, 0.1) is 6.42 Å². The minimum absolute atomic E-state index is 0.0277. The van der Waals surface area contributed by atoms with Crippen molar-refractivity contribution in [3.8, 4) is 0 Å². The van der Waals surface area contributed by atoms with Crippen molar-refractivity contribution in [1.82, 2.24) is 5.32 Å². The largest absolute Gasteiger partial charge is 0.481 e. The van der Waals surface area contributed by atoms with E-state index in [1.165, 1.54) is 25.7 Å². The van der Waals surface area contributed by atoms with E-state index in [0.717, 1.165) is 24.8 Å². The number of carbonyl (C=O) groups is 2. The highest BCUT2D eigenvalue weighted by Crippen LogP contribution is 2.30. The van der Waals surface area contributed by atoms with Crippen molar-refractivity contribution in [3.63, 3.8) is 0 Å². The zero-order valence-corrected chi connectivity index (χ0v) is 13.1. The molecule has 1 saturated carbocycles. The van der Waals surface area contributed by atoms with E-state index in [2.05, 4.69) is 12.2 Å². The fourth-order valence-electron chi connectivity index (χ4n) is 3.21. The first-order valence-corrected chi connectivity index (χ1v) is 7.77. The summed E-state index contributed by atoms with van der Waals surface area (Å²) in [5.41, 5.74) is -0.477. The maximum absolute atomic E-state index is 11.8. The number of hydrogen-bond acceptors (Lipinski definition) is 2. The molecule has 2 N–H and O–H groups in total. The highest BCUT2D eigenvalue weighted by Gasteiger charge is 2.25. The van der Waals surface area contributed by atoms with Gasteiger partial charge in [0.25, 0.3) is 0 Å². The van der Waals surface area contributed by atoms with E-state index in [-0.39, 0.29) is 18.7 Å². The molecular weight excluding hydrogens is 254 g/mol. The number of amides is 1. The zero-order valence-electron chi connectivity index (χ0n) is 13.1. The predicted octanol–water partition coefficient (Wildman–Crippen LogP) is 3.21. The van der Waals surface area contributed by atoms with Crippen LogP contribution in [0.15, 0.2) is 0 Å². The zero-order chi connectivity index (χ0) is 15.2. The molecule has 20 heavy (non-hydrogen) atoms. The van der Waals surface area contributed by atoms with Gasteiger partial charge in [0.15, 0.2) is 0 Å². The lowest BCUT2D eigenvalue weighted by Gasteiger charge is -2.27. The van der Waals surface area contributed by atoms with Crippen LogP contribution in [-0.4, -0.2) is 23.5 Å². The van der Waals surface area contributed by atoms with Crippen LogP contribution in [0.1, 0.15) is 65.7 Å². The summed E-state index contributed by atoms with van der Waals surface area (Å²) in [6, 6.07) is 0. The lowest BCUT2D eigenvalue weighted by molar-refractivity contribution is -0.139. The summed E-state index contributed by atoms with van der Waals surface area (Å²) in [5, 5.41) is 11.7. The molecule has 0 radical (unpaired) electrons. The Kier molecular flexibility index (Phi) is 6.50. The monoisotopic (exact) mass is 283 g/mol. The van der Waals surface area contributed by atoms with Crippen molar-refractivity contribution in [2.45, 2.75) is 65.7 Å². The van der Waals surface area contributed by atoms with Crippen LogP contribution >= 0.6 is 0 Å². The third-order valence-corrected chi connectivity index (χ3v) is 4.19. The first-order chi connectivity index (χ1) is 9.28. The van der Waals surface area contributed by atoms with E-state index >= 15 is 0 Å². The summed E-state index contributed by atoms with van der Waals surface area (Å²) in [4.78, 5) is 22.6. The second-order valence-electron chi connectivity index (χ2n) is 7.19. The molecule has 1 fully saturated rings. The van der Waals surface area contributed by atoms with Crippen molar-refractivity contribution in [2.24, 2.45) is 17.3 Å². The average Bonchev–Trinajstić information content (AvgIpc) is 2.26. The summed E-state index contributed by atoms with van der Waals surface area (Å²) in [6.07, 6.45) is 6.57. The molecule has 0 aliphatic heterocycles. The van der Waals surface area contributed by atoms with Crippen LogP contribution in [0.4, 0.5) is 0 Å². The van der Waals surface area contributed by atoms with Gasteiger partial charge in [-0.15, -0.1) is 0 Å². The van der Waals surface area contributed by atoms with Gasteiger partial charge in [0, 0.05) is 13.0 Å². The van der Waals surface area contributed by atoms with Crippen LogP contribution in [0.5, 0.6) is 0 Å². The summed E-state index contributed by atoms with van der Waals surface area (Å²) in [5.74, 6) is 0.684. The molecule has 1 aliphatic carbocycles. The molecular formula is C16H29NO3. The van der Waals surface area contributed by atoms with Gasteiger partial charge in [-0.1, -0.05) is 40.0 Å². The maximum atomic E-state index is 11.8. The molecule has 0 bridgehead atoms. The highest BCUT2D eigenvalue weighted by atomic mass is 16.4. The number of nitrogens with one attached hydrogen (secondary N) is 1. The van der Waals surface area contributed by atoms with E-state index in [1.807, 2.05) is 13.8 Å². The third-order valence-electron chi connectivity index (χ3n) is 4.19. The van der Waals surface area contributed by atoms with Crippen LogP contribution < -0.4 is 5.32 Å². The molecule has 1 rings (SSSR count). The molecule has 4 nitrogen and oxygen atoms in total. The topological polar surface area (TPSA) is 66.4 Å². The number of rotatable bonds is 7. The van der Waals surface area contributed by atoms with Crippen LogP contribution in [0.3, 0.4) is 0 Å². The molecule has 0 aromatic rings. The molecule has 4 heteroatoms. The Morgan fingerprint density at radius 3 is 2.55 bits per heavy atom. The van der Waals surface area contributed by atoms with Gasteiger partial charge in [0.2, 0.25) is 5.91 Å².